The molecule has 1 heteroatoms. The van der Waals surface area contributed by atoms with Crippen molar-refractivity contribution in [2.75, 3.05) is 0 Å². The predicted octanol–water partition coefficient (Wildman–Crippen LogP) is 18.4. The lowest BCUT2D eigenvalue weighted by atomic mass is 9.79. The van der Waals surface area contributed by atoms with E-state index in [1.807, 2.05) is 11.3 Å². The molecule has 298 valence electrons. The van der Waals surface area contributed by atoms with E-state index >= 15 is 0 Å². The van der Waals surface area contributed by atoms with Crippen molar-refractivity contribution in [3.63, 3.8) is 0 Å². The summed E-state index contributed by atoms with van der Waals surface area (Å²) in [6.07, 6.45) is 5.62. The highest BCUT2D eigenvalue weighted by atomic mass is 32.1. The van der Waals surface area contributed by atoms with Gasteiger partial charge >= 0.3 is 0 Å². The summed E-state index contributed by atoms with van der Waals surface area (Å²) in [5.74, 6) is 0. The van der Waals surface area contributed by atoms with Crippen molar-refractivity contribution in [2.45, 2.75) is 48.0 Å². The lowest BCUT2D eigenvalue weighted by Crippen LogP contribution is -1.99. The van der Waals surface area contributed by atoms with Gasteiger partial charge in [0, 0.05) is 25.7 Å². The molecule has 0 N–H and O–H groups in total. The van der Waals surface area contributed by atoms with E-state index in [0.717, 1.165) is 12.0 Å². The number of thiophene rings is 1. The summed E-state index contributed by atoms with van der Waals surface area (Å²) in [7, 11) is 0. The zero-order chi connectivity index (χ0) is 42.4. The fraction of sp³-hybridized carbons (Fsp3) is 0.115. The highest BCUT2D eigenvalue weighted by Gasteiger charge is 2.33. The van der Waals surface area contributed by atoms with Gasteiger partial charge in [0.05, 0.1) is 0 Å². The quantitative estimate of drug-likeness (QED) is 0.141. The molecule has 0 saturated carbocycles. The van der Waals surface area contributed by atoms with Gasteiger partial charge in [-0.05, 0) is 169 Å². The summed E-state index contributed by atoms with van der Waals surface area (Å²) in [5.41, 5.74) is 21.6. The first-order chi connectivity index (χ1) is 30.2. The van der Waals surface area contributed by atoms with Crippen LogP contribution in [0.2, 0.25) is 0 Å². The van der Waals surface area contributed by atoms with Gasteiger partial charge in [0.2, 0.25) is 0 Å². The largest absolute Gasteiger partial charge is 0.135 e. The van der Waals surface area contributed by atoms with Gasteiger partial charge in [0.25, 0.3) is 0 Å². The van der Waals surface area contributed by atoms with E-state index in [0.29, 0.717) is 0 Å². The Labute approximate surface area is 368 Å². The minimum absolute atomic E-state index is 1.00. The number of fused-ring (bicyclic) bond motifs is 8. The maximum Gasteiger partial charge on any atom is 0.0440 e. The topological polar surface area (TPSA) is 0 Å². The van der Waals surface area contributed by atoms with Gasteiger partial charge in [0.15, 0.2) is 0 Å². The molecule has 0 amide bonds. The molecule has 10 aromatic rings. The molecule has 1 aromatic heterocycles. The van der Waals surface area contributed by atoms with Crippen molar-refractivity contribution in [1.82, 2.24) is 0 Å². The molecule has 0 aliphatic heterocycles. The Morgan fingerprint density at radius 2 is 1.21 bits per heavy atom. The van der Waals surface area contributed by atoms with Gasteiger partial charge in [-0.3, -0.25) is 0 Å². The first-order valence-electron chi connectivity index (χ1n) is 21.9. The Balaban J connectivity index is 1.25. The molecule has 0 fully saturated rings. The Morgan fingerprint density at radius 3 is 1.98 bits per heavy atom. The molecule has 0 bridgehead atoms. The van der Waals surface area contributed by atoms with E-state index in [9.17, 15) is 0 Å². The first-order valence-corrected chi connectivity index (χ1v) is 22.7. The molecule has 0 radical (unpaired) electrons. The summed E-state index contributed by atoms with van der Waals surface area (Å²) in [4.78, 5) is 0. The van der Waals surface area contributed by atoms with Crippen molar-refractivity contribution in [3.8, 4) is 55.6 Å². The highest BCUT2D eigenvalue weighted by Crippen LogP contribution is 2.59. The molecule has 0 unspecified atom stereocenters. The monoisotopic (exact) mass is 812 g/mol. The SMILES string of the molecule is C=C(/C(C)=C\C(C)=C/CC)c1c2c(c(-c3c(C)cc(C)cc3C)c3ccccc13)-c1cccc3c(-c4c5ccccc5cc5c4sc4ccc(-c6ccccc6)cc45)ccc-2c13. The van der Waals surface area contributed by atoms with Gasteiger partial charge in [-0.15, -0.1) is 11.3 Å². The van der Waals surface area contributed by atoms with E-state index in [-0.39, 0.29) is 0 Å². The van der Waals surface area contributed by atoms with Crippen LogP contribution in [0.15, 0.2) is 175 Å². The van der Waals surface area contributed by atoms with Crippen LogP contribution in [0.4, 0.5) is 0 Å². The molecule has 0 atom stereocenters. The fourth-order valence-electron chi connectivity index (χ4n) is 10.8. The summed E-state index contributed by atoms with van der Waals surface area (Å²) < 4.78 is 2.65. The summed E-state index contributed by atoms with van der Waals surface area (Å²) in [6, 6.07) is 54.9. The molecule has 1 heterocycles. The number of rotatable bonds is 7. The summed E-state index contributed by atoms with van der Waals surface area (Å²) in [6.45, 7) is 18.4. The minimum atomic E-state index is 1.00. The Kier molecular flexibility index (Phi) is 9.04. The molecule has 0 nitrogen and oxygen atoms in total. The molecule has 62 heavy (non-hydrogen) atoms. The van der Waals surface area contributed by atoms with Crippen LogP contribution < -0.4 is 0 Å². The van der Waals surface area contributed by atoms with E-state index in [1.165, 1.54) is 142 Å². The van der Waals surface area contributed by atoms with E-state index < -0.39 is 0 Å². The third kappa shape index (κ3) is 5.79. The van der Waals surface area contributed by atoms with Crippen molar-refractivity contribution in [2.24, 2.45) is 0 Å². The molecular formula is C61H48S. The first kappa shape index (κ1) is 38.1. The average molecular weight is 813 g/mol. The van der Waals surface area contributed by atoms with Crippen LogP contribution in [0, 0.1) is 20.8 Å². The van der Waals surface area contributed by atoms with E-state index in [2.05, 4.69) is 199 Å². The van der Waals surface area contributed by atoms with E-state index in [4.69, 9.17) is 6.58 Å². The second-order valence-corrected chi connectivity index (χ2v) is 18.5. The number of aryl methyl sites for hydroxylation is 3. The molecule has 1 aliphatic rings. The molecular weight excluding hydrogens is 765 g/mol. The van der Waals surface area contributed by atoms with Crippen LogP contribution >= 0.6 is 11.3 Å². The summed E-state index contributed by atoms with van der Waals surface area (Å²) >= 11 is 1.92. The van der Waals surface area contributed by atoms with Crippen LogP contribution in [0.1, 0.15) is 49.4 Å². The van der Waals surface area contributed by atoms with Crippen LogP contribution in [0.3, 0.4) is 0 Å². The van der Waals surface area contributed by atoms with E-state index in [1.54, 1.807) is 0 Å². The third-order valence-corrected chi connectivity index (χ3v) is 14.5. The second-order valence-electron chi connectivity index (χ2n) is 17.4. The number of hydrogen-bond acceptors (Lipinski definition) is 1. The van der Waals surface area contributed by atoms with Crippen molar-refractivity contribution < 1.29 is 0 Å². The second kappa shape index (κ2) is 14.7. The zero-order valence-electron chi connectivity index (χ0n) is 36.3. The highest BCUT2D eigenvalue weighted by molar-refractivity contribution is 7.26. The Morgan fingerprint density at radius 1 is 0.532 bits per heavy atom. The maximum atomic E-state index is 4.93. The lowest BCUT2D eigenvalue weighted by molar-refractivity contribution is 1.19. The Bertz CT molecular complexity index is 3580. The number of hydrogen-bond donors (Lipinski definition) is 0. The lowest BCUT2D eigenvalue weighted by Gasteiger charge is -2.23. The van der Waals surface area contributed by atoms with Gasteiger partial charge < -0.3 is 0 Å². The van der Waals surface area contributed by atoms with Crippen molar-refractivity contribution >= 4 is 69.4 Å². The standard InChI is InChI=1S/C61H48S/c1-8-17-35(2)30-37(4)40(7)55-45-22-14-15-23-47(45)58(54-38(5)31-36(3)32-39(54)6)60-49-25-16-24-46-48(27-28-50(56(46)49)59(55)60)57-44-21-13-12-20-43(44)34-52-51-33-42(41-18-10-9-11-19-41)26-29-53(51)62-61(52)57/h9-34H,7-8H2,1-6H3/b35-17-,37-30-. The minimum Gasteiger partial charge on any atom is -0.135 e. The molecule has 1 aliphatic carbocycles. The van der Waals surface area contributed by atoms with Crippen LogP contribution in [-0.4, -0.2) is 0 Å². The van der Waals surface area contributed by atoms with Crippen LogP contribution in [0.5, 0.6) is 0 Å². The maximum absolute atomic E-state index is 4.93. The number of benzene rings is 9. The van der Waals surface area contributed by atoms with Crippen LogP contribution in [0.25, 0.3) is 114 Å². The van der Waals surface area contributed by atoms with Gasteiger partial charge in [-0.1, -0.05) is 164 Å². The predicted molar refractivity (Wildman–Crippen MR) is 274 cm³/mol. The Hall–Kier alpha value is -6.80. The molecule has 0 spiro atoms. The molecule has 11 rings (SSSR count). The zero-order valence-corrected chi connectivity index (χ0v) is 37.2. The van der Waals surface area contributed by atoms with Gasteiger partial charge in [-0.2, -0.15) is 0 Å². The molecule has 0 saturated heterocycles. The van der Waals surface area contributed by atoms with Gasteiger partial charge in [-0.25, -0.2) is 0 Å². The van der Waals surface area contributed by atoms with Crippen molar-refractivity contribution in [3.05, 3.63) is 198 Å². The summed E-state index contributed by atoms with van der Waals surface area (Å²) in [5, 5.41) is 10.3. The number of allylic oxidation sites excluding steroid dienone is 5. The van der Waals surface area contributed by atoms with Gasteiger partial charge in [0.1, 0.15) is 0 Å². The smallest absolute Gasteiger partial charge is 0.0440 e. The fourth-order valence-corrected chi connectivity index (χ4v) is 12.1. The molecule has 9 aromatic carbocycles. The average Bonchev–Trinajstić information content (AvgIpc) is 3.81. The van der Waals surface area contributed by atoms with Crippen LogP contribution in [-0.2, 0) is 0 Å². The van der Waals surface area contributed by atoms with Crippen molar-refractivity contribution in [1.29, 1.82) is 0 Å². The normalized spacial score (nSPS) is 12.7. The third-order valence-electron chi connectivity index (χ3n) is 13.3.